The Morgan fingerprint density at radius 3 is 2.70 bits per heavy atom. The van der Waals surface area contributed by atoms with Gasteiger partial charge in [-0.15, -0.1) is 0 Å². The van der Waals surface area contributed by atoms with E-state index in [4.69, 9.17) is 0 Å². The maximum absolute atomic E-state index is 12.6. The maximum Gasteiger partial charge on any atom is 0.295 e. The van der Waals surface area contributed by atoms with Crippen molar-refractivity contribution in [1.82, 2.24) is 14.9 Å². The second-order valence-corrected chi connectivity index (χ2v) is 4.96. The number of hydrogen-bond donors (Lipinski definition) is 1. The second-order valence-electron chi connectivity index (χ2n) is 4.96. The average molecular weight is 281 g/mol. The number of imidazole rings is 1. The highest BCUT2D eigenvalue weighted by molar-refractivity contribution is 5.75. The lowest BCUT2D eigenvalue weighted by atomic mass is 10.1. The lowest BCUT2D eigenvalue weighted by Crippen LogP contribution is -2.26. The van der Waals surface area contributed by atoms with E-state index in [1.54, 1.807) is 0 Å². The van der Waals surface area contributed by atoms with Gasteiger partial charge >= 0.3 is 0 Å². The van der Waals surface area contributed by atoms with Gasteiger partial charge in [-0.05, 0) is 43.6 Å². The van der Waals surface area contributed by atoms with Gasteiger partial charge < -0.3 is 9.88 Å². The van der Waals surface area contributed by atoms with Gasteiger partial charge in [-0.25, -0.2) is 13.8 Å². The number of hydrogen-bond acceptors (Lipinski definition) is 2. The van der Waals surface area contributed by atoms with Gasteiger partial charge in [-0.3, -0.25) is 0 Å². The van der Waals surface area contributed by atoms with Crippen molar-refractivity contribution in [2.75, 3.05) is 19.6 Å². The van der Waals surface area contributed by atoms with E-state index in [1.807, 2.05) is 18.2 Å². The van der Waals surface area contributed by atoms with Crippen LogP contribution in [-0.2, 0) is 6.42 Å². The van der Waals surface area contributed by atoms with Gasteiger partial charge in [0, 0.05) is 6.54 Å². The van der Waals surface area contributed by atoms with Crippen molar-refractivity contribution in [3.05, 3.63) is 29.6 Å². The van der Waals surface area contributed by atoms with Crippen LogP contribution in [0, 0.1) is 0 Å². The standard InChI is InChI=1S/C15H21F2N3/c1-3-8-20(4-2)9-7-11-5-6-12-13(10-11)19-15(18-12)14(16)17/h5-6,10,14H,3-4,7-9H2,1-2H3,(H,18,19). The highest BCUT2D eigenvalue weighted by atomic mass is 19.3. The summed E-state index contributed by atoms with van der Waals surface area (Å²) in [4.78, 5) is 8.96. The Morgan fingerprint density at radius 2 is 2.05 bits per heavy atom. The third kappa shape index (κ3) is 3.54. The Bertz CT molecular complexity index is 551. The van der Waals surface area contributed by atoms with Gasteiger partial charge in [0.2, 0.25) is 0 Å². The molecule has 0 radical (unpaired) electrons. The van der Waals surface area contributed by atoms with Crippen molar-refractivity contribution in [2.45, 2.75) is 33.1 Å². The van der Waals surface area contributed by atoms with Gasteiger partial charge in [0.05, 0.1) is 11.0 Å². The van der Waals surface area contributed by atoms with Crippen molar-refractivity contribution in [3.63, 3.8) is 0 Å². The average Bonchev–Trinajstić information content (AvgIpc) is 2.86. The Kier molecular flexibility index (Phi) is 5.06. The van der Waals surface area contributed by atoms with E-state index >= 15 is 0 Å². The van der Waals surface area contributed by atoms with Crippen molar-refractivity contribution >= 4 is 11.0 Å². The molecule has 5 heteroatoms. The fourth-order valence-electron chi connectivity index (χ4n) is 2.37. The summed E-state index contributed by atoms with van der Waals surface area (Å²) in [5.41, 5.74) is 2.44. The number of rotatable bonds is 7. The smallest absolute Gasteiger partial charge is 0.295 e. The lowest BCUT2D eigenvalue weighted by molar-refractivity contribution is 0.142. The van der Waals surface area contributed by atoms with Crippen molar-refractivity contribution in [2.24, 2.45) is 0 Å². The van der Waals surface area contributed by atoms with E-state index in [-0.39, 0.29) is 5.82 Å². The largest absolute Gasteiger partial charge is 0.337 e. The monoisotopic (exact) mass is 281 g/mol. The minimum Gasteiger partial charge on any atom is -0.337 e. The first kappa shape index (κ1) is 14.9. The minimum atomic E-state index is -2.55. The van der Waals surface area contributed by atoms with Crippen LogP contribution in [0.1, 0.15) is 38.1 Å². The highest BCUT2D eigenvalue weighted by Crippen LogP contribution is 2.20. The fraction of sp³-hybridized carbons (Fsp3) is 0.533. The number of benzene rings is 1. The summed E-state index contributed by atoms with van der Waals surface area (Å²) in [5, 5.41) is 0. The van der Waals surface area contributed by atoms with E-state index < -0.39 is 6.43 Å². The molecule has 0 spiro atoms. The van der Waals surface area contributed by atoms with Crippen molar-refractivity contribution in [1.29, 1.82) is 0 Å². The van der Waals surface area contributed by atoms with Crippen LogP contribution in [0.15, 0.2) is 18.2 Å². The SMILES string of the molecule is CCCN(CC)CCc1ccc2nc(C(F)F)[nH]c2c1. The third-order valence-electron chi connectivity index (χ3n) is 3.48. The third-order valence-corrected chi connectivity index (χ3v) is 3.48. The molecule has 0 bridgehead atoms. The fourth-order valence-corrected chi connectivity index (χ4v) is 2.37. The molecule has 110 valence electrons. The zero-order chi connectivity index (χ0) is 14.5. The molecule has 0 atom stereocenters. The quantitative estimate of drug-likeness (QED) is 0.837. The van der Waals surface area contributed by atoms with E-state index in [0.29, 0.717) is 11.0 Å². The van der Waals surface area contributed by atoms with Crippen LogP contribution in [0.25, 0.3) is 11.0 Å². The molecule has 1 heterocycles. The first-order valence-electron chi connectivity index (χ1n) is 7.13. The van der Waals surface area contributed by atoms with Crippen LogP contribution in [0.5, 0.6) is 0 Å². The molecule has 0 aliphatic heterocycles. The molecule has 0 saturated heterocycles. The number of H-pyrrole nitrogens is 1. The molecule has 0 aliphatic carbocycles. The summed E-state index contributed by atoms with van der Waals surface area (Å²) < 4.78 is 25.2. The van der Waals surface area contributed by atoms with Crippen LogP contribution in [0.3, 0.4) is 0 Å². The molecule has 3 nitrogen and oxygen atoms in total. The van der Waals surface area contributed by atoms with E-state index in [2.05, 4.69) is 28.7 Å². The zero-order valence-corrected chi connectivity index (χ0v) is 12.0. The Morgan fingerprint density at radius 1 is 1.25 bits per heavy atom. The molecule has 1 aromatic heterocycles. The van der Waals surface area contributed by atoms with Crippen LogP contribution >= 0.6 is 0 Å². The Labute approximate surface area is 118 Å². The molecule has 0 aliphatic rings. The number of aromatic nitrogens is 2. The minimum absolute atomic E-state index is 0.252. The first-order valence-corrected chi connectivity index (χ1v) is 7.13. The first-order chi connectivity index (χ1) is 9.63. The molecular weight excluding hydrogens is 260 g/mol. The van der Waals surface area contributed by atoms with Crippen LogP contribution in [0.4, 0.5) is 8.78 Å². The number of fused-ring (bicyclic) bond motifs is 1. The summed E-state index contributed by atoms with van der Waals surface area (Å²) in [7, 11) is 0. The number of nitrogens with zero attached hydrogens (tertiary/aromatic N) is 2. The molecular formula is C15H21F2N3. The predicted octanol–water partition coefficient (Wildman–Crippen LogP) is 3.77. The summed E-state index contributed by atoms with van der Waals surface area (Å²) in [5.74, 6) is -0.252. The molecule has 0 fully saturated rings. The lowest BCUT2D eigenvalue weighted by Gasteiger charge is -2.19. The van der Waals surface area contributed by atoms with Gasteiger partial charge in [0.15, 0.2) is 5.82 Å². The number of nitrogens with one attached hydrogen (secondary N) is 1. The number of likely N-dealkylation sites (N-methyl/N-ethyl adjacent to an activating group) is 1. The van der Waals surface area contributed by atoms with Crippen LogP contribution in [0.2, 0.25) is 0 Å². The summed E-state index contributed by atoms with van der Waals surface area (Å²) in [6.45, 7) is 7.45. The van der Waals surface area contributed by atoms with Crippen LogP contribution in [-0.4, -0.2) is 34.5 Å². The number of aromatic amines is 1. The number of alkyl halides is 2. The van der Waals surface area contributed by atoms with Gasteiger partial charge in [-0.2, -0.15) is 0 Å². The van der Waals surface area contributed by atoms with E-state index in [1.165, 1.54) is 0 Å². The molecule has 0 saturated carbocycles. The van der Waals surface area contributed by atoms with E-state index in [0.717, 1.165) is 38.0 Å². The van der Waals surface area contributed by atoms with E-state index in [9.17, 15) is 8.78 Å². The number of halogens is 2. The molecule has 1 aromatic carbocycles. The predicted molar refractivity (Wildman–Crippen MR) is 77.2 cm³/mol. The highest BCUT2D eigenvalue weighted by Gasteiger charge is 2.12. The molecule has 0 amide bonds. The summed E-state index contributed by atoms with van der Waals surface area (Å²) in [6.07, 6.45) is -0.483. The van der Waals surface area contributed by atoms with Crippen molar-refractivity contribution in [3.8, 4) is 0 Å². The Hall–Kier alpha value is -1.49. The van der Waals surface area contributed by atoms with Gasteiger partial charge in [0.25, 0.3) is 6.43 Å². The normalized spacial score (nSPS) is 11.9. The van der Waals surface area contributed by atoms with Crippen LogP contribution < -0.4 is 0 Å². The topological polar surface area (TPSA) is 31.9 Å². The molecule has 2 rings (SSSR count). The molecule has 20 heavy (non-hydrogen) atoms. The van der Waals surface area contributed by atoms with Gasteiger partial charge in [-0.1, -0.05) is 19.9 Å². The summed E-state index contributed by atoms with van der Waals surface area (Å²) in [6, 6.07) is 5.70. The summed E-state index contributed by atoms with van der Waals surface area (Å²) >= 11 is 0. The maximum atomic E-state index is 12.6. The molecule has 1 N–H and O–H groups in total. The van der Waals surface area contributed by atoms with Crippen molar-refractivity contribution < 1.29 is 8.78 Å². The Balaban J connectivity index is 2.07. The molecule has 2 aromatic rings. The molecule has 0 unspecified atom stereocenters. The second kappa shape index (κ2) is 6.79. The van der Waals surface area contributed by atoms with Gasteiger partial charge in [0.1, 0.15) is 0 Å². The zero-order valence-electron chi connectivity index (χ0n) is 12.0.